The van der Waals surface area contributed by atoms with E-state index in [0.717, 1.165) is 11.3 Å². The second kappa shape index (κ2) is 4.55. The van der Waals surface area contributed by atoms with Gasteiger partial charge in [0.15, 0.2) is 0 Å². The summed E-state index contributed by atoms with van der Waals surface area (Å²) in [6, 6.07) is 7.50. The van der Waals surface area contributed by atoms with Crippen LogP contribution >= 0.6 is 12.2 Å². The average Bonchev–Trinajstić information content (AvgIpc) is 2.78. The smallest absolute Gasteiger partial charge is 0.230 e. The lowest BCUT2D eigenvalue weighted by Gasteiger charge is -2.21. The molecule has 0 aliphatic heterocycles. The normalized spacial score (nSPS) is 19.4. The summed E-state index contributed by atoms with van der Waals surface area (Å²) >= 11 is 5.07. The standard InChI is InChI=1S/C16H22N2OS/c1-15(2)12(16(15,3)4)14(19)18(5)11-9-7-6-8-10(11)13(17)20/h6-9,12H,1-5H3,(H2,17,20). The fourth-order valence-corrected chi connectivity index (χ4v) is 3.27. The van der Waals surface area contributed by atoms with Gasteiger partial charge < -0.3 is 10.6 Å². The van der Waals surface area contributed by atoms with Crippen LogP contribution in [0.5, 0.6) is 0 Å². The second-order valence-electron chi connectivity index (χ2n) is 6.66. The van der Waals surface area contributed by atoms with Crippen molar-refractivity contribution in [2.75, 3.05) is 11.9 Å². The van der Waals surface area contributed by atoms with E-state index >= 15 is 0 Å². The zero-order valence-electron chi connectivity index (χ0n) is 12.7. The third kappa shape index (κ3) is 2.03. The van der Waals surface area contributed by atoms with Crippen LogP contribution in [0.25, 0.3) is 0 Å². The van der Waals surface area contributed by atoms with Crippen molar-refractivity contribution in [2.45, 2.75) is 27.7 Å². The highest BCUT2D eigenvalue weighted by Crippen LogP contribution is 2.68. The Morgan fingerprint density at radius 2 is 1.70 bits per heavy atom. The van der Waals surface area contributed by atoms with Gasteiger partial charge in [-0.1, -0.05) is 52.0 Å². The monoisotopic (exact) mass is 290 g/mol. The Morgan fingerprint density at radius 1 is 1.20 bits per heavy atom. The van der Waals surface area contributed by atoms with Gasteiger partial charge in [0, 0.05) is 18.5 Å². The summed E-state index contributed by atoms with van der Waals surface area (Å²) in [5.74, 6) is 0.156. The summed E-state index contributed by atoms with van der Waals surface area (Å²) in [6.07, 6.45) is 0. The molecule has 2 rings (SSSR count). The van der Waals surface area contributed by atoms with Gasteiger partial charge in [-0.3, -0.25) is 4.79 Å². The molecule has 1 aromatic rings. The molecule has 1 fully saturated rings. The van der Waals surface area contributed by atoms with Crippen LogP contribution in [0, 0.1) is 16.7 Å². The summed E-state index contributed by atoms with van der Waals surface area (Å²) in [5, 5.41) is 0. The maximum absolute atomic E-state index is 12.8. The molecule has 0 atom stereocenters. The van der Waals surface area contributed by atoms with Crippen LogP contribution < -0.4 is 10.6 Å². The first-order valence-electron chi connectivity index (χ1n) is 6.78. The number of nitrogens with two attached hydrogens (primary N) is 1. The predicted octanol–water partition coefficient (Wildman–Crippen LogP) is 2.97. The molecular formula is C16H22N2OS. The first kappa shape index (κ1) is 15.0. The highest BCUT2D eigenvalue weighted by molar-refractivity contribution is 7.80. The molecular weight excluding hydrogens is 268 g/mol. The summed E-state index contributed by atoms with van der Waals surface area (Å²) in [4.78, 5) is 14.8. The highest BCUT2D eigenvalue weighted by atomic mass is 32.1. The van der Waals surface area contributed by atoms with E-state index in [2.05, 4.69) is 27.7 Å². The lowest BCUT2D eigenvalue weighted by atomic mass is 10.0. The van der Waals surface area contributed by atoms with E-state index in [1.165, 1.54) is 0 Å². The van der Waals surface area contributed by atoms with E-state index in [4.69, 9.17) is 18.0 Å². The number of hydrogen-bond acceptors (Lipinski definition) is 2. The minimum Gasteiger partial charge on any atom is -0.389 e. The third-order valence-electron chi connectivity index (χ3n) is 5.13. The van der Waals surface area contributed by atoms with Crippen LogP contribution in [0.1, 0.15) is 33.3 Å². The van der Waals surface area contributed by atoms with Gasteiger partial charge in [0.1, 0.15) is 4.99 Å². The molecule has 0 radical (unpaired) electrons. The van der Waals surface area contributed by atoms with Crippen LogP contribution in [0.15, 0.2) is 24.3 Å². The molecule has 1 aromatic carbocycles. The Kier molecular flexibility index (Phi) is 3.41. The van der Waals surface area contributed by atoms with Crippen molar-refractivity contribution in [2.24, 2.45) is 22.5 Å². The minimum absolute atomic E-state index is 0.0243. The van der Waals surface area contributed by atoms with Crippen LogP contribution in [0.4, 0.5) is 5.69 Å². The number of benzene rings is 1. The number of hydrogen-bond donors (Lipinski definition) is 1. The van der Waals surface area contributed by atoms with Crippen LogP contribution in [0.2, 0.25) is 0 Å². The Bertz CT molecular complexity index is 564. The van der Waals surface area contributed by atoms with Crippen LogP contribution in [-0.4, -0.2) is 17.9 Å². The Balaban J connectivity index is 2.32. The Labute approximate surface area is 126 Å². The molecule has 1 aliphatic carbocycles. The summed E-state index contributed by atoms with van der Waals surface area (Å²) in [6.45, 7) is 8.57. The topological polar surface area (TPSA) is 46.3 Å². The average molecular weight is 290 g/mol. The van der Waals surface area contributed by atoms with E-state index < -0.39 is 0 Å². The maximum Gasteiger partial charge on any atom is 0.230 e. The lowest BCUT2D eigenvalue weighted by Crippen LogP contribution is -2.31. The van der Waals surface area contributed by atoms with Gasteiger partial charge in [0.2, 0.25) is 5.91 Å². The minimum atomic E-state index is 0.0243. The molecule has 2 N–H and O–H groups in total. The fraction of sp³-hybridized carbons (Fsp3) is 0.500. The summed E-state index contributed by atoms with van der Waals surface area (Å²) < 4.78 is 0. The lowest BCUT2D eigenvalue weighted by molar-refractivity contribution is -0.120. The van der Waals surface area contributed by atoms with Crippen molar-refractivity contribution in [1.82, 2.24) is 0 Å². The maximum atomic E-state index is 12.8. The summed E-state index contributed by atoms with van der Waals surface area (Å²) in [7, 11) is 1.80. The number of rotatable bonds is 3. The molecule has 3 nitrogen and oxygen atoms in total. The molecule has 1 amide bonds. The first-order chi connectivity index (χ1) is 9.12. The van der Waals surface area contributed by atoms with Crippen molar-refractivity contribution < 1.29 is 4.79 Å². The van der Waals surface area contributed by atoms with Gasteiger partial charge in [-0.25, -0.2) is 0 Å². The number of amides is 1. The van der Waals surface area contributed by atoms with Crippen molar-refractivity contribution >= 4 is 28.8 Å². The molecule has 0 aromatic heterocycles. The third-order valence-corrected chi connectivity index (χ3v) is 5.35. The van der Waals surface area contributed by atoms with E-state index in [-0.39, 0.29) is 22.7 Å². The molecule has 1 aliphatic rings. The predicted molar refractivity (Wildman–Crippen MR) is 86.8 cm³/mol. The number of thiocarbonyl (C=S) groups is 1. The highest BCUT2D eigenvalue weighted by Gasteiger charge is 2.68. The quantitative estimate of drug-likeness (QED) is 0.871. The van der Waals surface area contributed by atoms with Gasteiger partial charge in [-0.05, 0) is 23.0 Å². The van der Waals surface area contributed by atoms with E-state index in [9.17, 15) is 4.79 Å². The van der Waals surface area contributed by atoms with Gasteiger partial charge in [0.25, 0.3) is 0 Å². The SMILES string of the molecule is CN(C(=O)C1C(C)(C)C1(C)C)c1ccccc1C(N)=S. The molecule has 108 valence electrons. The fourth-order valence-electron chi connectivity index (χ4n) is 3.10. The van der Waals surface area contributed by atoms with Gasteiger partial charge in [-0.2, -0.15) is 0 Å². The van der Waals surface area contributed by atoms with Crippen molar-refractivity contribution in [3.05, 3.63) is 29.8 Å². The zero-order chi connectivity index (χ0) is 15.3. The van der Waals surface area contributed by atoms with Crippen molar-refractivity contribution in [3.8, 4) is 0 Å². The zero-order valence-corrected chi connectivity index (χ0v) is 13.5. The summed E-state index contributed by atoms with van der Waals surface area (Å²) in [5.41, 5.74) is 7.32. The number of para-hydroxylation sites is 1. The molecule has 0 saturated heterocycles. The van der Waals surface area contributed by atoms with Crippen molar-refractivity contribution in [1.29, 1.82) is 0 Å². The molecule has 0 unspecified atom stereocenters. The van der Waals surface area contributed by atoms with E-state index in [0.29, 0.717) is 4.99 Å². The van der Waals surface area contributed by atoms with Gasteiger partial charge in [0.05, 0.1) is 5.69 Å². The molecule has 0 bridgehead atoms. The van der Waals surface area contributed by atoms with Gasteiger partial charge >= 0.3 is 0 Å². The van der Waals surface area contributed by atoms with E-state index in [1.54, 1.807) is 11.9 Å². The second-order valence-corrected chi connectivity index (χ2v) is 7.09. The molecule has 0 heterocycles. The molecule has 20 heavy (non-hydrogen) atoms. The molecule has 4 heteroatoms. The van der Waals surface area contributed by atoms with Crippen LogP contribution in [0.3, 0.4) is 0 Å². The van der Waals surface area contributed by atoms with Crippen molar-refractivity contribution in [3.63, 3.8) is 0 Å². The number of nitrogens with zero attached hydrogens (tertiary/aromatic N) is 1. The Morgan fingerprint density at radius 3 is 2.15 bits per heavy atom. The van der Waals surface area contributed by atoms with E-state index in [1.807, 2.05) is 24.3 Å². The molecule has 0 spiro atoms. The largest absolute Gasteiger partial charge is 0.389 e. The van der Waals surface area contributed by atoms with Crippen LogP contribution in [-0.2, 0) is 4.79 Å². The number of carbonyl (C=O) groups excluding carboxylic acids is 1. The van der Waals surface area contributed by atoms with Gasteiger partial charge in [-0.15, -0.1) is 0 Å². The number of anilines is 1. The Hall–Kier alpha value is -1.42. The first-order valence-corrected chi connectivity index (χ1v) is 7.19. The molecule has 1 saturated carbocycles. The number of carbonyl (C=O) groups is 1.